The lowest BCUT2D eigenvalue weighted by Gasteiger charge is -2.44. The quantitative estimate of drug-likeness (QED) is 0.146. The third-order valence-electron chi connectivity index (χ3n) is 7.29. The molecule has 2 aliphatic heterocycles. The summed E-state index contributed by atoms with van der Waals surface area (Å²) in [6.07, 6.45) is -4.76. The van der Waals surface area contributed by atoms with E-state index in [4.69, 9.17) is 23.7 Å². The topological polar surface area (TPSA) is 202 Å². The fourth-order valence-corrected chi connectivity index (χ4v) is 5.13. The number of ether oxygens (including phenoxy) is 5. The van der Waals surface area contributed by atoms with Gasteiger partial charge in [0.2, 0.25) is 6.29 Å². The predicted octanol–water partition coefficient (Wildman–Crippen LogP) is -0.331. The molecule has 0 spiro atoms. The Labute approximate surface area is 223 Å². The molecule has 214 valence electrons. The lowest BCUT2D eigenvalue weighted by molar-refractivity contribution is -0.346. The van der Waals surface area contributed by atoms with Crippen molar-refractivity contribution in [1.82, 2.24) is 0 Å². The van der Waals surface area contributed by atoms with Crippen LogP contribution in [0.2, 0.25) is 0 Å². The van der Waals surface area contributed by atoms with Gasteiger partial charge in [0.1, 0.15) is 31.0 Å². The third kappa shape index (κ3) is 6.03. The first kappa shape index (κ1) is 28.8. The summed E-state index contributed by atoms with van der Waals surface area (Å²) in [6, 6.07) is 3.93. The molecule has 13 heteroatoms. The molecule has 1 aromatic rings. The van der Waals surface area contributed by atoms with Gasteiger partial charge >= 0.3 is 11.9 Å². The SMILES string of the molecule is COC(=O)C1=CO[C@@H](O[C@@H]2O[C@H](COC(=O)C=Cc3ccc(O)c(O)c3)[C@@H](O)[C@H](O)[C@H]2O)[C@H]2[C@@H]1CC[C@]2(C)O. The highest BCUT2D eigenvalue weighted by molar-refractivity contribution is 5.89. The lowest BCUT2D eigenvalue weighted by Crippen LogP contribution is -2.61. The smallest absolute Gasteiger partial charge is 0.337 e. The number of fused-ring (bicyclic) bond motifs is 1. The van der Waals surface area contributed by atoms with Crippen molar-refractivity contribution in [3.63, 3.8) is 0 Å². The summed E-state index contributed by atoms with van der Waals surface area (Å²) in [5.74, 6) is -3.32. The molecule has 39 heavy (non-hydrogen) atoms. The Hall–Kier alpha value is -3.20. The summed E-state index contributed by atoms with van der Waals surface area (Å²) in [6.45, 7) is 1.06. The molecule has 0 amide bonds. The number of carbonyl (C=O) groups excluding carboxylic acids is 2. The Bertz CT molecular complexity index is 1130. The fraction of sp³-hybridized carbons (Fsp3) is 0.538. The molecule has 9 atom stereocenters. The molecule has 1 saturated heterocycles. The number of hydrogen-bond donors (Lipinski definition) is 6. The third-order valence-corrected chi connectivity index (χ3v) is 7.29. The van der Waals surface area contributed by atoms with E-state index in [0.29, 0.717) is 18.4 Å². The Kier molecular flexibility index (Phi) is 8.49. The molecule has 1 saturated carbocycles. The first-order valence-corrected chi connectivity index (χ1v) is 12.3. The Balaban J connectivity index is 1.41. The molecule has 4 rings (SSSR count). The van der Waals surface area contributed by atoms with E-state index in [2.05, 4.69) is 0 Å². The van der Waals surface area contributed by atoms with E-state index in [9.17, 15) is 40.2 Å². The minimum atomic E-state index is -1.73. The van der Waals surface area contributed by atoms with Gasteiger partial charge in [0, 0.05) is 12.0 Å². The van der Waals surface area contributed by atoms with Crippen LogP contribution in [0.15, 0.2) is 36.1 Å². The summed E-state index contributed by atoms with van der Waals surface area (Å²) in [5, 5.41) is 61.1. The number of phenolic OH excluding ortho intramolecular Hbond substituents is 2. The number of carbonyl (C=O) groups is 2. The number of benzene rings is 1. The van der Waals surface area contributed by atoms with Gasteiger partial charge in [0.05, 0.1) is 30.5 Å². The molecule has 0 unspecified atom stereocenters. The maximum absolute atomic E-state index is 12.2. The van der Waals surface area contributed by atoms with Crippen LogP contribution in [0.4, 0.5) is 0 Å². The van der Waals surface area contributed by atoms with Gasteiger partial charge in [0.25, 0.3) is 0 Å². The Morgan fingerprint density at radius 2 is 1.85 bits per heavy atom. The first-order valence-electron chi connectivity index (χ1n) is 12.3. The van der Waals surface area contributed by atoms with E-state index in [1.165, 1.54) is 37.6 Å². The van der Waals surface area contributed by atoms with Crippen molar-refractivity contribution in [1.29, 1.82) is 0 Å². The van der Waals surface area contributed by atoms with Crippen molar-refractivity contribution in [2.24, 2.45) is 11.8 Å². The van der Waals surface area contributed by atoms with E-state index in [-0.39, 0.29) is 17.1 Å². The minimum absolute atomic E-state index is 0.237. The van der Waals surface area contributed by atoms with E-state index < -0.39 is 73.0 Å². The summed E-state index contributed by atoms with van der Waals surface area (Å²) < 4.78 is 26.9. The van der Waals surface area contributed by atoms with Crippen molar-refractivity contribution in [3.05, 3.63) is 41.7 Å². The van der Waals surface area contributed by atoms with Gasteiger partial charge in [-0.15, -0.1) is 0 Å². The minimum Gasteiger partial charge on any atom is -0.504 e. The number of aliphatic hydroxyl groups excluding tert-OH is 3. The Morgan fingerprint density at radius 3 is 2.54 bits per heavy atom. The molecule has 2 heterocycles. The number of rotatable bonds is 7. The largest absolute Gasteiger partial charge is 0.504 e. The first-order chi connectivity index (χ1) is 18.4. The summed E-state index contributed by atoms with van der Waals surface area (Å²) in [4.78, 5) is 24.4. The number of hydrogen-bond acceptors (Lipinski definition) is 13. The van der Waals surface area contributed by atoms with Crippen molar-refractivity contribution in [2.75, 3.05) is 13.7 Å². The van der Waals surface area contributed by atoms with E-state index in [1.807, 2.05) is 0 Å². The second-order valence-electron chi connectivity index (χ2n) is 9.96. The molecule has 6 N–H and O–H groups in total. The number of phenols is 2. The van der Waals surface area contributed by atoms with Crippen LogP contribution < -0.4 is 0 Å². The lowest BCUT2D eigenvalue weighted by atomic mass is 9.81. The molecule has 2 fully saturated rings. The molecule has 1 aliphatic carbocycles. The van der Waals surface area contributed by atoms with Crippen LogP contribution in [0, 0.1) is 11.8 Å². The van der Waals surface area contributed by atoms with E-state index >= 15 is 0 Å². The maximum atomic E-state index is 12.2. The van der Waals surface area contributed by atoms with Crippen molar-refractivity contribution in [3.8, 4) is 11.5 Å². The average molecular weight is 553 g/mol. The highest BCUT2D eigenvalue weighted by Crippen LogP contribution is 2.49. The van der Waals surface area contributed by atoms with Gasteiger partial charge in [-0.25, -0.2) is 9.59 Å². The standard InChI is InChI=1S/C26H32O13/c1-26(34)8-7-13-14(23(33)35-2)10-37-24(19(13)26)39-25-22(32)21(31)20(30)17(38-25)11-36-18(29)6-4-12-3-5-15(27)16(28)9-12/h3-6,9-10,13,17,19-22,24-25,27-28,30-32,34H,7-8,11H2,1-2H3/t13-,17-,19-,20-,21+,22-,24+,25+,26+/m1/s1. The Morgan fingerprint density at radius 1 is 1.10 bits per heavy atom. The second kappa shape index (κ2) is 11.5. The highest BCUT2D eigenvalue weighted by atomic mass is 16.8. The van der Waals surface area contributed by atoms with Crippen LogP contribution in [0.25, 0.3) is 6.08 Å². The van der Waals surface area contributed by atoms with Crippen molar-refractivity contribution >= 4 is 18.0 Å². The molecule has 3 aliphatic rings. The molecule has 13 nitrogen and oxygen atoms in total. The van der Waals surface area contributed by atoms with Gasteiger partial charge in [-0.2, -0.15) is 0 Å². The summed E-state index contributed by atoms with van der Waals surface area (Å²) >= 11 is 0. The number of esters is 2. The van der Waals surface area contributed by atoms with Crippen LogP contribution in [0.3, 0.4) is 0 Å². The zero-order chi connectivity index (χ0) is 28.5. The van der Waals surface area contributed by atoms with Crippen LogP contribution in [0.1, 0.15) is 25.3 Å². The molecular weight excluding hydrogens is 520 g/mol. The van der Waals surface area contributed by atoms with Crippen LogP contribution in [0.5, 0.6) is 11.5 Å². The van der Waals surface area contributed by atoms with Gasteiger partial charge in [-0.3, -0.25) is 0 Å². The van der Waals surface area contributed by atoms with Gasteiger partial charge in [-0.1, -0.05) is 6.07 Å². The van der Waals surface area contributed by atoms with Crippen molar-refractivity contribution in [2.45, 2.75) is 62.4 Å². The molecular formula is C26H32O13. The average Bonchev–Trinajstić information content (AvgIpc) is 3.24. The normalized spacial score (nSPS) is 36.1. The van der Waals surface area contributed by atoms with Crippen LogP contribution in [-0.4, -0.2) is 98.9 Å². The summed E-state index contributed by atoms with van der Waals surface area (Å²) in [5.41, 5.74) is -0.654. The van der Waals surface area contributed by atoms with E-state index in [0.717, 1.165) is 6.08 Å². The monoisotopic (exact) mass is 552 g/mol. The molecule has 0 bridgehead atoms. The second-order valence-corrected chi connectivity index (χ2v) is 9.96. The van der Waals surface area contributed by atoms with Crippen LogP contribution >= 0.6 is 0 Å². The zero-order valence-electron chi connectivity index (χ0n) is 21.2. The molecule has 1 aromatic carbocycles. The molecule has 0 radical (unpaired) electrons. The van der Waals surface area contributed by atoms with Gasteiger partial charge in [-0.05, 0) is 43.5 Å². The molecule has 0 aromatic heterocycles. The van der Waals surface area contributed by atoms with Crippen LogP contribution in [-0.2, 0) is 33.3 Å². The zero-order valence-corrected chi connectivity index (χ0v) is 21.2. The van der Waals surface area contributed by atoms with Crippen molar-refractivity contribution < 1.29 is 63.9 Å². The number of methoxy groups -OCH3 is 1. The number of aromatic hydroxyl groups is 2. The fourth-order valence-electron chi connectivity index (χ4n) is 5.13. The number of aliphatic hydroxyl groups is 4. The maximum Gasteiger partial charge on any atom is 0.337 e. The highest BCUT2D eigenvalue weighted by Gasteiger charge is 2.56. The van der Waals surface area contributed by atoms with E-state index in [1.54, 1.807) is 6.92 Å². The van der Waals surface area contributed by atoms with Gasteiger partial charge < -0.3 is 54.3 Å². The van der Waals surface area contributed by atoms with Gasteiger partial charge in [0.15, 0.2) is 17.8 Å². The predicted molar refractivity (Wildman–Crippen MR) is 129 cm³/mol. The summed E-state index contributed by atoms with van der Waals surface area (Å²) in [7, 11) is 1.23.